The summed E-state index contributed by atoms with van der Waals surface area (Å²) in [4.78, 5) is 24.0. The van der Waals surface area contributed by atoms with Gasteiger partial charge in [-0.1, -0.05) is 15.9 Å². The molecule has 1 aromatic rings. The fourth-order valence-corrected chi connectivity index (χ4v) is 7.30. The van der Waals surface area contributed by atoms with Gasteiger partial charge in [-0.15, -0.1) is 0 Å². The third-order valence-corrected chi connectivity index (χ3v) is 7.07. The second-order valence-electron chi connectivity index (χ2n) is 8.28. The molecular weight excluding hydrogens is 384 g/mol. The van der Waals surface area contributed by atoms with E-state index < -0.39 is 5.97 Å². The lowest BCUT2D eigenvalue weighted by Crippen LogP contribution is -2.53. The highest BCUT2D eigenvalue weighted by molar-refractivity contribution is 9.10. The SMILES string of the molecule is COC(=O)c1ccc(OC(=O)CC23CC4CC(CC(Br)(C4)C2)C3)cc1. The fraction of sp³-hybridized carbons (Fsp3) is 0.600. The first kappa shape index (κ1) is 17.1. The topological polar surface area (TPSA) is 52.6 Å². The highest BCUT2D eigenvalue weighted by Crippen LogP contribution is 2.65. The van der Waals surface area contributed by atoms with Crippen molar-refractivity contribution in [2.45, 2.75) is 49.3 Å². The minimum Gasteiger partial charge on any atom is -0.465 e. The summed E-state index contributed by atoms with van der Waals surface area (Å²) in [6.07, 6.45) is 7.75. The quantitative estimate of drug-likeness (QED) is 0.419. The van der Waals surface area contributed by atoms with E-state index in [2.05, 4.69) is 20.7 Å². The van der Waals surface area contributed by atoms with E-state index in [0.717, 1.165) is 31.1 Å². The van der Waals surface area contributed by atoms with E-state index >= 15 is 0 Å². The Morgan fingerprint density at radius 1 is 1.12 bits per heavy atom. The van der Waals surface area contributed by atoms with Gasteiger partial charge in [0, 0.05) is 4.32 Å². The van der Waals surface area contributed by atoms with Crippen LogP contribution in [0.15, 0.2) is 24.3 Å². The smallest absolute Gasteiger partial charge is 0.337 e. The number of esters is 2. The predicted molar refractivity (Wildman–Crippen MR) is 96.8 cm³/mol. The number of benzene rings is 1. The zero-order chi connectivity index (χ0) is 17.7. The van der Waals surface area contributed by atoms with Crippen LogP contribution in [-0.4, -0.2) is 23.4 Å². The molecule has 4 saturated carbocycles. The molecular formula is C20H23BrO4. The summed E-state index contributed by atoms with van der Waals surface area (Å²) in [6, 6.07) is 6.53. The Kier molecular flexibility index (Phi) is 4.18. The maximum Gasteiger partial charge on any atom is 0.337 e. The fourth-order valence-electron chi connectivity index (χ4n) is 5.79. The average Bonchev–Trinajstić information content (AvgIpc) is 2.51. The van der Waals surface area contributed by atoms with E-state index in [1.54, 1.807) is 24.3 Å². The number of rotatable bonds is 4. The highest BCUT2D eigenvalue weighted by atomic mass is 79.9. The van der Waals surface area contributed by atoms with Gasteiger partial charge in [0.05, 0.1) is 19.1 Å². The highest BCUT2D eigenvalue weighted by Gasteiger charge is 2.57. The Labute approximate surface area is 156 Å². The van der Waals surface area contributed by atoms with Gasteiger partial charge in [-0.2, -0.15) is 0 Å². The molecule has 0 amide bonds. The van der Waals surface area contributed by atoms with Gasteiger partial charge in [-0.25, -0.2) is 4.79 Å². The summed E-state index contributed by atoms with van der Waals surface area (Å²) in [7, 11) is 1.35. The molecule has 4 fully saturated rings. The molecule has 2 unspecified atom stereocenters. The van der Waals surface area contributed by atoms with Crippen molar-refractivity contribution in [1.29, 1.82) is 0 Å². The Balaban J connectivity index is 1.42. The van der Waals surface area contributed by atoms with Crippen LogP contribution < -0.4 is 4.74 Å². The Morgan fingerprint density at radius 2 is 1.76 bits per heavy atom. The van der Waals surface area contributed by atoms with Crippen molar-refractivity contribution in [2.24, 2.45) is 17.3 Å². The van der Waals surface area contributed by atoms with E-state index in [0.29, 0.717) is 17.7 Å². The van der Waals surface area contributed by atoms with Gasteiger partial charge in [0.15, 0.2) is 0 Å². The van der Waals surface area contributed by atoms with Crippen molar-refractivity contribution in [3.63, 3.8) is 0 Å². The standard InChI is InChI=1S/C20H23BrO4/c1-24-18(23)15-2-4-16(5-3-15)25-17(22)11-19-7-13-6-14(8-19)10-20(21,9-13)12-19/h2-5,13-14H,6-12H2,1H3. The number of ether oxygens (including phenoxy) is 2. The summed E-state index contributed by atoms with van der Waals surface area (Å²) in [5, 5.41) is 0. The zero-order valence-electron chi connectivity index (χ0n) is 14.4. The number of hydrogen-bond donors (Lipinski definition) is 0. The zero-order valence-corrected chi connectivity index (χ0v) is 16.0. The first-order chi connectivity index (χ1) is 11.9. The normalized spacial score (nSPS) is 35.4. The third-order valence-electron chi connectivity index (χ3n) is 6.14. The molecule has 25 heavy (non-hydrogen) atoms. The molecule has 134 valence electrons. The van der Waals surface area contributed by atoms with Crippen molar-refractivity contribution in [1.82, 2.24) is 0 Å². The number of hydrogen-bond acceptors (Lipinski definition) is 4. The molecule has 0 aromatic heterocycles. The van der Waals surface area contributed by atoms with Crippen molar-refractivity contribution in [2.75, 3.05) is 7.11 Å². The van der Waals surface area contributed by atoms with Crippen LogP contribution in [0.5, 0.6) is 5.75 Å². The van der Waals surface area contributed by atoms with Gasteiger partial charge < -0.3 is 9.47 Å². The summed E-state index contributed by atoms with van der Waals surface area (Å²) in [5.74, 6) is 1.44. The molecule has 0 radical (unpaired) electrons. The van der Waals surface area contributed by atoms with Crippen molar-refractivity contribution in [3.05, 3.63) is 29.8 Å². The summed E-state index contributed by atoms with van der Waals surface area (Å²) in [6.45, 7) is 0. The molecule has 2 atom stereocenters. The van der Waals surface area contributed by atoms with Gasteiger partial charge in [-0.05, 0) is 80.0 Å². The third kappa shape index (κ3) is 3.35. The first-order valence-electron chi connectivity index (χ1n) is 8.97. The minimum absolute atomic E-state index is 0.108. The first-order valence-corrected chi connectivity index (χ1v) is 9.76. The largest absolute Gasteiger partial charge is 0.465 e. The second-order valence-corrected chi connectivity index (χ2v) is 9.96. The summed E-state index contributed by atoms with van der Waals surface area (Å²) >= 11 is 3.98. The van der Waals surface area contributed by atoms with Crippen LogP contribution in [0.25, 0.3) is 0 Å². The summed E-state index contributed by atoms with van der Waals surface area (Å²) < 4.78 is 10.5. The molecule has 4 aliphatic carbocycles. The Hall–Kier alpha value is -1.36. The van der Waals surface area contributed by atoms with Crippen molar-refractivity contribution >= 4 is 27.9 Å². The lowest BCUT2D eigenvalue weighted by molar-refractivity contribution is -0.141. The van der Waals surface area contributed by atoms with Gasteiger partial charge in [-0.3, -0.25) is 4.79 Å². The van der Waals surface area contributed by atoms with Crippen molar-refractivity contribution in [3.8, 4) is 5.75 Å². The van der Waals surface area contributed by atoms with Crippen LogP contribution >= 0.6 is 15.9 Å². The van der Waals surface area contributed by atoms with E-state index in [1.165, 1.54) is 26.4 Å². The number of carbonyl (C=O) groups excluding carboxylic acids is 2. The second kappa shape index (κ2) is 6.11. The number of alkyl halides is 1. The lowest BCUT2D eigenvalue weighted by atomic mass is 9.49. The molecule has 0 spiro atoms. The van der Waals surface area contributed by atoms with Crippen LogP contribution in [-0.2, 0) is 9.53 Å². The predicted octanol–water partition coefficient (Wildman–Crippen LogP) is 4.50. The van der Waals surface area contributed by atoms with Gasteiger partial charge in [0.1, 0.15) is 5.75 Å². The molecule has 4 aliphatic rings. The summed E-state index contributed by atoms with van der Waals surface area (Å²) in [5.41, 5.74) is 0.556. The lowest BCUT2D eigenvalue weighted by Gasteiger charge is -2.60. The average molecular weight is 407 g/mol. The number of methoxy groups -OCH3 is 1. The molecule has 0 saturated heterocycles. The minimum atomic E-state index is -0.394. The molecule has 1 aromatic carbocycles. The van der Waals surface area contributed by atoms with E-state index in [4.69, 9.17) is 4.74 Å². The van der Waals surface area contributed by atoms with E-state index in [1.807, 2.05) is 0 Å². The molecule has 0 heterocycles. The maximum atomic E-state index is 12.5. The van der Waals surface area contributed by atoms with Crippen molar-refractivity contribution < 1.29 is 19.1 Å². The monoisotopic (exact) mass is 406 g/mol. The van der Waals surface area contributed by atoms with Gasteiger partial charge in [0.25, 0.3) is 0 Å². The molecule has 4 nitrogen and oxygen atoms in total. The molecule has 5 heteroatoms. The maximum absolute atomic E-state index is 12.5. The molecule has 5 rings (SSSR count). The van der Waals surface area contributed by atoms with Crippen LogP contribution in [0.4, 0.5) is 0 Å². The van der Waals surface area contributed by atoms with Gasteiger partial charge in [0.2, 0.25) is 0 Å². The Morgan fingerprint density at radius 3 is 2.32 bits per heavy atom. The molecule has 0 N–H and O–H groups in total. The van der Waals surface area contributed by atoms with Crippen LogP contribution in [0.1, 0.15) is 55.3 Å². The van der Waals surface area contributed by atoms with E-state index in [-0.39, 0.29) is 15.7 Å². The van der Waals surface area contributed by atoms with Crippen LogP contribution in [0.2, 0.25) is 0 Å². The van der Waals surface area contributed by atoms with Crippen LogP contribution in [0.3, 0.4) is 0 Å². The number of halogens is 1. The van der Waals surface area contributed by atoms with Crippen LogP contribution in [0, 0.1) is 17.3 Å². The van der Waals surface area contributed by atoms with Gasteiger partial charge >= 0.3 is 11.9 Å². The number of carbonyl (C=O) groups is 2. The van der Waals surface area contributed by atoms with E-state index in [9.17, 15) is 9.59 Å². The Bertz CT molecular complexity index is 682. The molecule has 0 aliphatic heterocycles. The molecule has 4 bridgehead atoms.